The molecule has 0 heterocycles. The van der Waals surface area contributed by atoms with E-state index in [-0.39, 0.29) is 0 Å². The maximum absolute atomic E-state index is 5.75. The van der Waals surface area contributed by atoms with E-state index in [9.17, 15) is 0 Å². The molecule has 0 aromatic heterocycles. The topological polar surface area (TPSA) is 27.7 Å². The third-order valence-corrected chi connectivity index (χ3v) is 4.34. The van der Waals surface area contributed by atoms with E-state index >= 15 is 0 Å². The molecule has 1 aromatic rings. The lowest BCUT2D eigenvalue weighted by Gasteiger charge is -2.23. The lowest BCUT2D eigenvalue weighted by atomic mass is 10.3. The fraction of sp³-hybridized carbons (Fsp3) is 0.273. The molecule has 0 N–H and O–H groups in total. The van der Waals surface area contributed by atoms with Crippen LogP contribution in [0.1, 0.15) is 6.92 Å². The Morgan fingerprint density at radius 1 is 1.07 bits per heavy atom. The van der Waals surface area contributed by atoms with E-state index in [1.165, 1.54) is 0 Å². The van der Waals surface area contributed by atoms with Crippen molar-refractivity contribution in [2.75, 3.05) is 14.2 Å². The number of allylic oxidation sites excluding steroid dienone is 1. The SMILES string of the molecule is C/C=C/[Si](OC)(OC)Oc1ccccc1. The van der Waals surface area contributed by atoms with Gasteiger partial charge in [0.1, 0.15) is 5.75 Å². The summed E-state index contributed by atoms with van der Waals surface area (Å²) in [5.41, 5.74) is 1.85. The van der Waals surface area contributed by atoms with Crippen molar-refractivity contribution in [3.63, 3.8) is 0 Å². The van der Waals surface area contributed by atoms with Crippen LogP contribution in [0.3, 0.4) is 0 Å². The second-order valence-electron chi connectivity index (χ2n) is 2.93. The monoisotopic (exact) mass is 224 g/mol. The first-order valence-electron chi connectivity index (χ1n) is 4.74. The van der Waals surface area contributed by atoms with Gasteiger partial charge in [-0.25, -0.2) is 0 Å². The molecule has 0 unspecified atom stereocenters. The number of para-hydroxylation sites is 1. The summed E-state index contributed by atoms with van der Waals surface area (Å²) in [7, 11) is 0.527. The Balaban J connectivity index is 2.83. The minimum Gasteiger partial charge on any atom is -0.498 e. The lowest BCUT2D eigenvalue weighted by molar-refractivity contribution is 0.176. The minimum atomic E-state index is -2.66. The smallest absolute Gasteiger partial charge is 0.498 e. The van der Waals surface area contributed by atoms with Crippen LogP contribution in [0.15, 0.2) is 42.1 Å². The van der Waals surface area contributed by atoms with Gasteiger partial charge < -0.3 is 13.3 Å². The van der Waals surface area contributed by atoms with Crippen LogP contribution in [0.5, 0.6) is 5.75 Å². The predicted octanol–water partition coefficient (Wildman–Crippen LogP) is 2.41. The van der Waals surface area contributed by atoms with Gasteiger partial charge in [0, 0.05) is 14.2 Å². The highest BCUT2D eigenvalue weighted by atomic mass is 28.4. The van der Waals surface area contributed by atoms with Crippen molar-refractivity contribution in [3.8, 4) is 5.75 Å². The molecule has 0 aliphatic carbocycles. The molecule has 0 radical (unpaired) electrons. The second-order valence-corrected chi connectivity index (χ2v) is 5.49. The summed E-state index contributed by atoms with van der Waals surface area (Å²) in [6, 6.07) is 9.52. The summed E-state index contributed by atoms with van der Waals surface area (Å²) in [6.45, 7) is 1.91. The molecule has 1 aromatic carbocycles. The molecule has 0 amide bonds. The first kappa shape index (κ1) is 12.0. The van der Waals surface area contributed by atoms with Crippen molar-refractivity contribution >= 4 is 8.80 Å². The molecule has 82 valence electrons. The molecule has 3 nitrogen and oxygen atoms in total. The van der Waals surface area contributed by atoms with Crippen molar-refractivity contribution in [3.05, 3.63) is 42.1 Å². The summed E-state index contributed by atoms with van der Waals surface area (Å²) >= 11 is 0. The molecule has 15 heavy (non-hydrogen) atoms. The Kier molecular flexibility index (Phi) is 4.55. The van der Waals surface area contributed by atoms with Gasteiger partial charge in [-0.05, 0) is 24.8 Å². The molecule has 0 aliphatic rings. The molecule has 0 saturated heterocycles. The van der Waals surface area contributed by atoms with Gasteiger partial charge in [0.2, 0.25) is 0 Å². The van der Waals surface area contributed by atoms with Gasteiger partial charge in [-0.2, -0.15) is 0 Å². The lowest BCUT2D eigenvalue weighted by Crippen LogP contribution is -2.45. The van der Waals surface area contributed by atoms with Gasteiger partial charge in [0.25, 0.3) is 0 Å². The van der Waals surface area contributed by atoms with Crippen LogP contribution in [-0.4, -0.2) is 23.0 Å². The second kappa shape index (κ2) is 5.70. The highest BCUT2D eigenvalue weighted by Gasteiger charge is 2.38. The zero-order valence-electron chi connectivity index (χ0n) is 9.27. The Bertz CT molecular complexity index is 307. The van der Waals surface area contributed by atoms with E-state index in [4.69, 9.17) is 13.3 Å². The van der Waals surface area contributed by atoms with E-state index in [1.807, 2.05) is 49.0 Å². The Morgan fingerprint density at radius 3 is 2.13 bits per heavy atom. The quantitative estimate of drug-likeness (QED) is 0.719. The zero-order valence-corrected chi connectivity index (χ0v) is 10.3. The van der Waals surface area contributed by atoms with Gasteiger partial charge >= 0.3 is 8.80 Å². The van der Waals surface area contributed by atoms with E-state index in [0.29, 0.717) is 0 Å². The summed E-state index contributed by atoms with van der Waals surface area (Å²) < 4.78 is 16.4. The van der Waals surface area contributed by atoms with Gasteiger partial charge in [-0.1, -0.05) is 24.3 Å². The molecule has 0 spiro atoms. The van der Waals surface area contributed by atoms with Gasteiger partial charge in [-0.3, -0.25) is 0 Å². The van der Waals surface area contributed by atoms with Crippen molar-refractivity contribution in [2.45, 2.75) is 6.92 Å². The van der Waals surface area contributed by atoms with Crippen molar-refractivity contribution < 1.29 is 13.3 Å². The highest BCUT2D eigenvalue weighted by Crippen LogP contribution is 2.17. The van der Waals surface area contributed by atoms with Crippen molar-refractivity contribution in [1.29, 1.82) is 0 Å². The molecule has 0 aliphatic heterocycles. The molecular formula is C11H16O3Si. The number of hydrogen-bond donors (Lipinski definition) is 0. The summed E-state index contributed by atoms with van der Waals surface area (Å²) in [5.74, 6) is 0.756. The van der Waals surface area contributed by atoms with Gasteiger partial charge in [0.05, 0.1) is 0 Å². The van der Waals surface area contributed by atoms with E-state index in [1.54, 1.807) is 14.2 Å². The number of hydrogen-bond acceptors (Lipinski definition) is 3. The number of benzene rings is 1. The fourth-order valence-electron chi connectivity index (χ4n) is 1.19. The van der Waals surface area contributed by atoms with E-state index in [2.05, 4.69) is 0 Å². The third-order valence-electron chi connectivity index (χ3n) is 1.94. The standard InChI is InChI=1S/C11H16O3Si/c1-4-10-15(12-2,13-3)14-11-8-6-5-7-9-11/h4-10H,1-3H3/b10-4+. The summed E-state index contributed by atoms with van der Waals surface area (Å²) in [5, 5.41) is 0. The highest BCUT2D eigenvalue weighted by molar-refractivity contribution is 6.66. The van der Waals surface area contributed by atoms with Crippen molar-refractivity contribution in [2.24, 2.45) is 0 Å². The maximum Gasteiger partial charge on any atom is 0.594 e. The first-order chi connectivity index (χ1) is 7.26. The zero-order chi connectivity index (χ0) is 11.1. The Labute approximate surface area is 91.7 Å². The fourth-order valence-corrected chi connectivity index (χ4v) is 2.74. The molecule has 1 rings (SSSR count). The van der Waals surface area contributed by atoms with E-state index < -0.39 is 8.80 Å². The van der Waals surface area contributed by atoms with Crippen LogP contribution in [0, 0.1) is 0 Å². The predicted molar refractivity (Wildman–Crippen MR) is 61.7 cm³/mol. The molecule has 0 bridgehead atoms. The molecule has 0 fully saturated rings. The van der Waals surface area contributed by atoms with Crippen LogP contribution < -0.4 is 4.43 Å². The van der Waals surface area contributed by atoms with Crippen LogP contribution in [0.4, 0.5) is 0 Å². The minimum absolute atomic E-state index is 0.756. The molecule has 0 saturated carbocycles. The first-order valence-corrected chi connectivity index (χ1v) is 6.55. The Hall–Kier alpha value is -1.10. The summed E-state index contributed by atoms with van der Waals surface area (Å²) in [6.07, 6.45) is 1.88. The molecule has 0 atom stereocenters. The molecule has 4 heteroatoms. The average molecular weight is 224 g/mol. The van der Waals surface area contributed by atoms with Gasteiger partial charge in [0.15, 0.2) is 0 Å². The van der Waals surface area contributed by atoms with Gasteiger partial charge in [-0.15, -0.1) is 0 Å². The van der Waals surface area contributed by atoms with Crippen LogP contribution in [-0.2, 0) is 8.85 Å². The van der Waals surface area contributed by atoms with Crippen molar-refractivity contribution in [1.82, 2.24) is 0 Å². The normalized spacial score (nSPS) is 11.9. The van der Waals surface area contributed by atoms with Crippen LogP contribution >= 0.6 is 0 Å². The maximum atomic E-state index is 5.75. The Morgan fingerprint density at radius 2 is 1.67 bits per heavy atom. The third kappa shape index (κ3) is 3.19. The average Bonchev–Trinajstić information content (AvgIpc) is 2.30. The van der Waals surface area contributed by atoms with Crippen LogP contribution in [0.2, 0.25) is 0 Å². The largest absolute Gasteiger partial charge is 0.594 e. The molecular weight excluding hydrogens is 208 g/mol. The summed E-state index contributed by atoms with van der Waals surface area (Å²) in [4.78, 5) is 0. The van der Waals surface area contributed by atoms with E-state index in [0.717, 1.165) is 5.75 Å². The number of rotatable bonds is 5. The van der Waals surface area contributed by atoms with Crippen LogP contribution in [0.25, 0.3) is 0 Å².